The van der Waals surface area contributed by atoms with Crippen molar-refractivity contribution in [3.05, 3.63) is 42.0 Å². The first-order valence-corrected chi connectivity index (χ1v) is 12.3. The Kier molecular flexibility index (Phi) is 8.05. The van der Waals surface area contributed by atoms with Gasteiger partial charge >= 0.3 is 12.3 Å². The number of sulfonamides is 1. The van der Waals surface area contributed by atoms with Crippen LogP contribution in [-0.2, 0) is 25.1 Å². The van der Waals surface area contributed by atoms with Crippen molar-refractivity contribution in [2.75, 3.05) is 12.4 Å². The summed E-state index contributed by atoms with van der Waals surface area (Å²) in [6.07, 6.45) is -3.19. The molecule has 1 heterocycles. The highest BCUT2D eigenvalue weighted by molar-refractivity contribution is 7.89. The van der Waals surface area contributed by atoms with E-state index in [1.165, 1.54) is 32.5 Å². The van der Waals surface area contributed by atoms with Crippen molar-refractivity contribution in [3.8, 4) is 0 Å². The molecule has 1 aliphatic rings. The molecule has 1 saturated carbocycles. The van der Waals surface area contributed by atoms with E-state index in [-0.39, 0.29) is 23.0 Å². The second-order valence-corrected chi connectivity index (χ2v) is 10.0. The Morgan fingerprint density at radius 2 is 1.97 bits per heavy atom. The molecular formula is C21H25F4N5O5S. The molecule has 4 N–H and O–H groups in total. The summed E-state index contributed by atoms with van der Waals surface area (Å²) in [6.45, 7) is 1.23. The normalized spacial score (nSPS) is 21.1. The standard InChI is InChI=1S/C21H25F4N5O5S/c1-12(8-21(23,24)25)29-19(31)35-14-5-6-20(9-14,34-2)13-10-27-18(28-11-13)30-17-4-3-15(7-16(17)22)36(26,32)33/h3-4,7,10-12,14H,5-6,8-9H2,1-2H3,(H,29,31)(H2,26,32,33)(H,27,28,30)/t12-,14-,20-/m0/s1. The van der Waals surface area contributed by atoms with Crippen LogP contribution in [0, 0.1) is 5.82 Å². The number of carbonyl (C=O) groups excluding carboxylic acids is 1. The number of rotatable bonds is 8. The molecule has 3 rings (SSSR count). The van der Waals surface area contributed by atoms with Gasteiger partial charge < -0.3 is 20.1 Å². The van der Waals surface area contributed by atoms with E-state index in [9.17, 15) is 30.8 Å². The van der Waals surface area contributed by atoms with Gasteiger partial charge in [-0.1, -0.05) is 0 Å². The third kappa shape index (κ3) is 7.01. The number of alkyl halides is 3. The molecule has 36 heavy (non-hydrogen) atoms. The molecule has 0 saturated heterocycles. The van der Waals surface area contributed by atoms with Gasteiger partial charge in [0.25, 0.3) is 0 Å². The molecule has 0 aliphatic heterocycles. The maximum atomic E-state index is 14.3. The van der Waals surface area contributed by atoms with Gasteiger partial charge in [-0.3, -0.25) is 0 Å². The van der Waals surface area contributed by atoms with Crippen molar-refractivity contribution >= 4 is 27.8 Å². The molecule has 10 nitrogen and oxygen atoms in total. The molecule has 2 aromatic rings. The Morgan fingerprint density at radius 1 is 1.31 bits per heavy atom. The lowest BCUT2D eigenvalue weighted by Gasteiger charge is -2.27. The molecule has 0 bridgehead atoms. The maximum absolute atomic E-state index is 14.3. The minimum Gasteiger partial charge on any atom is -0.446 e. The number of halogens is 4. The fourth-order valence-electron chi connectivity index (χ4n) is 3.94. The van der Waals surface area contributed by atoms with Crippen molar-refractivity contribution in [2.24, 2.45) is 5.14 Å². The van der Waals surface area contributed by atoms with Crippen LogP contribution < -0.4 is 15.8 Å². The molecule has 1 aliphatic carbocycles. The third-order valence-corrected chi connectivity index (χ3v) is 6.60. The summed E-state index contributed by atoms with van der Waals surface area (Å²) in [6, 6.07) is 1.95. The molecule has 198 valence electrons. The van der Waals surface area contributed by atoms with Gasteiger partial charge in [-0.15, -0.1) is 0 Å². The quantitative estimate of drug-likeness (QED) is 0.436. The number of amides is 1. The fourth-order valence-corrected chi connectivity index (χ4v) is 4.46. The van der Waals surface area contributed by atoms with Crippen LogP contribution in [0.15, 0.2) is 35.5 Å². The van der Waals surface area contributed by atoms with Gasteiger partial charge in [0, 0.05) is 37.5 Å². The lowest BCUT2D eigenvalue weighted by atomic mass is 9.94. The molecule has 0 spiro atoms. The maximum Gasteiger partial charge on any atom is 0.407 e. The second-order valence-electron chi connectivity index (χ2n) is 8.44. The molecule has 15 heteroatoms. The molecule has 0 unspecified atom stereocenters. The highest BCUT2D eigenvalue weighted by Gasteiger charge is 2.43. The number of methoxy groups -OCH3 is 1. The van der Waals surface area contributed by atoms with Crippen LogP contribution in [0.2, 0.25) is 0 Å². The van der Waals surface area contributed by atoms with Crippen molar-refractivity contribution in [1.82, 2.24) is 15.3 Å². The number of hydrogen-bond acceptors (Lipinski definition) is 8. The minimum atomic E-state index is -4.41. The second kappa shape index (κ2) is 10.5. The van der Waals surface area contributed by atoms with E-state index in [2.05, 4.69) is 20.6 Å². The first-order chi connectivity index (χ1) is 16.7. The number of primary sulfonamides is 1. The zero-order chi connectivity index (χ0) is 26.7. The molecule has 1 aromatic heterocycles. The summed E-state index contributed by atoms with van der Waals surface area (Å²) in [5.41, 5.74) is -0.419. The topological polar surface area (TPSA) is 146 Å². The molecule has 1 amide bonds. The predicted molar refractivity (Wildman–Crippen MR) is 119 cm³/mol. The van der Waals surface area contributed by atoms with Gasteiger partial charge in [-0.2, -0.15) is 13.2 Å². The van der Waals surface area contributed by atoms with E-state index in [1.807, 2.05) is 0 Å². The van der Waals surface area contributed by atoms with Crippen LogP contribution >= 0.6 is 0 Å². The van der Waals surface area contributed by atoms with E-state index in [0.717, 1.165) is 12.1 Å². The van der Waals surface area contributed by atoms with Gasteiger partial charge in [0.1, 0.15) is 11.9 Å². The molecular weight excluding hydrogens is 510 g/mol. The number of hydrogen-bond donors (Lipinski definition) is 3. The summed E-state index contributed by atoms with van der Waals surface area (Å²) in [4.78, 5) is 19.9. The number of carbonyl (C=O) groups is 1. The number of nitrogens with two attached hydrogens (primary N) is 1. The van der Waals surface area contributed by atoms with E-state index in [1.54, 1.807) is 0 Å². The van der Waals surface area contributed by atoms with Gasteiger partial charge in [-0.25, -0.2) is 32.7 Å². The predicted octanol–water partition coefficient (Wildman–Crippen LogP) is 3.47. The van der Waals surface area contributed by atoms with Gasteiger partial charge in [-0.05, 0) is 38.0 Å². The monoisotopic (exact) mass is 535 g/mol. The van der Waals surface area contributed by atoms with Crippen molar-refractivity contribution in [2.45, 2.75) is 61.4 Å². The summed E-state index contributed by atoms with van der Waals surface area (Å²) in [5, 5.41) is 9.79. The van der Waals surface area contributed by atoms with Crippen LogP contribution in [0.5, 0.6) is 0 Å². The Hall–Kier alpha value is -3.04. The first-order valence-electron chi connectivity index (χ1n) is 10.7. The number of alkyl carbamates (subject to hydrolysis) is 1. The Bertz CT molecular complexity index is 1200. The smallest absolute Gasteiger partial charge is 0.407 e. The molecule has 1 fully saturated rings. The SMILES string of the molecule is CO[C@@]1(c2cnc(Nc3ccc(S(N)(=O)=O)cc3F)nc2)CC[C@H](OC(=O)N[C@@H](C)CC(F)(F)F)C1. The summed E-state index contributed by atoms with van der Waals surface area (Å²) in [7, 11) is -2.60. The summed E-state index contributed by atoms with van der Waals surface area (Å²) in [5.74, 6) is -0.850. The zero-order valence-corrected chi connectivity index (χ0v) is 20.1. The molecule has 3 atom stereocenters. The summed E-state index contributed by atoms with van der Waals surface area (Å²) >= 11 is 0. The highest BCUT2D eigenvalue weighted by atomic mass is 32.2. The van der Waals surface area contributed by atoms with E-state index in [0.29, 0.717) is 18.4 Å². The van der Waals surface area contributed by atoms with Crippen molar-refractivity contribution in [1.29, 1.82) is 0 Å². The van der Waals surface area contributed by atoms with Crippen molar-refractivity contribution in [3.63, 3.8) is 0 Å². The number of nitrogens with zero attached hydrogens (tertiary/aromatic N) is 2. The first kappa shape index (κ1) is 27.5. The lowest BCUT2D eigenvalue weighted by Crippen LogP contribution is -2.38. The van der Waals surface area contributed by atoms with Crippen LogP contribution in [-0.4, -0.2) is 49.9 Å². The van der Waals surface area contributed by atoms with Gasteiger partial charge in [0.15, 0.2) is 0 Å². The van der Waals surface area contributed by atoms with E-state index >= 15 is 0 Å². The van der Waals surface area contributed by atoms with Gasteiger partial charge in [0.05, 0.1) is 22.6 Å². The van der Waals surface area contributed by atoms with E-state index in [4.69, 9.17) is 14.6 Å². The number of benzene rings is 1. The number of anilines is 2. The molecule has 1 aromatic carbocycles. The van der Waals surface area contributed by atoms with Crippen LogP contribution in [0.25, 0.3) is 0 Å². The van der Waals surface area contributed by atoms with Crippen LogP contribution in [0.3, 0.4) is 0 Å². The average molecular weight is 536 g/mol. The zero-order valence-electron chi connectivity index (χ0n) is 19.3. The number of aromatic nitrogens is 2. The van der Waals surface area contributed by atoms with E-state index < -0.39 is 52.3 Å². The number of nitrogens with one attached hydrogen (secondary N) is 2. The minimum absolute atomic E-state index is 0.0242. The average Bonchev–Trinajstić information content (AvgIpc) is 3.17. The third-order valence-electron chi connectivity index (χ3n) is 5.69. The fraction of sp³-hybridized carbons (Fsp3) is 0.476. The molecule has 0 radical (unpaired) electrons. The number of ether oxygens (including phenoxy) is 2. The van der Waals surface area contributed by atoms with Crippen LogP contribution in [0.1, 0.15) is 38.2 Å². The Labute approximate surface area is 204 Å². The van der Waals surface area contributed by atoms with Gasteiger partial charge in [0.2, 0.25) is 16.0 Å². The highest BCUT2D eigenvalue weighted by Crippen LogP contribution is 2.42. The summed E-state index contributed by atoms with van der Waals surface area (Å²) < 4.78 is 85.3. The van der Waals surface area contributed by atoms with Crippen molar-refractivity contribution < 1.29 is 40.2 Å². The van der Waals surface area contributed by atoms with Crippen LogP contribution in [0.4, 0.5) is 34.0 Å². The Morgan fingerprint density at radius 3 is 2.53 bits per heavy atom. The lowest BCUT2D eigenvalue weighted by molar-refractivity contribution is -0.138. The Balaban J connectivity index is 1.63. The largest absolute Gasteiger partial charge is 0.446 e.